The Hall–Kier alpha value is -0.150. The van der Waals surface area contributed by atoms with Gasteiger partial charge >= 0.3 is 0 Å². The molecule has 0 atom stereocenters. The quantitative estimate of drug-likeness (QED) is 0.424. The van der Waals surface area contributed by atoms with Crippen molar-refractivity contribution in [1.29, 1.82) is 0 Å². The van der Waals surface area contributed by atoms with E-state index in [1.165, 1.54) is 6.42 Å². The van der Waals surface area contributed by atoms with E-state index < -0.39 is 10.0 Å². The zero-order valence-corrected chi connectivity index (χ0v) is 13.7. The molecule has 104 valence electrons. The Morgan fingerprint density at radius 2 is 1.89 bits per heavy atom. The van der Waals surface area contributed by atoms with Gasteiger partial charge in [-0.25, -0.2) is 13.1 Å². The van der Waals surface area contributed by atoms with Gasteiger partial charge in [0.25, 0.3) is 0 Å². The van der Waals surface area contributed by atoms with Gasteiger partial charge in [-0.3, -0.25) is 0 Å². The van der Waals surface area contributed by atoms with Crippen LogP contribution in [0.1, 0.15) is 37.1 Å². The van der Waals surface area contributed by atoms with Crippen LogP contribution >= 0.6 is 22.6 Å². The number of aromatic nitrogens is 1. The third kappa shape index (κ3) is 4.51. The van der Waals surface area contributed by atoms with Crippen LogP contribution in [0.5, 0.6) is 0 Å². The van der Waals surface area contributed by atoms with Gasteiger partial charge < -0.3 is 4.52 Å². The van der Waals surface area contributed by atoms with Crippen LogP contribution in [0.15, 0.2) is 9.42 Å². The minimum Gasteiger partial charge on any atom is -0.360 e. The first-order valence-electron chi connectivity index (χ1n) is 5.97. The monoisotopic (exact) mass is 386 g/mol. The van der Waals surface area contributed by atoms with Crippen molar-refractivity contribution in [3.63, 3.8) is 0 Å². The lowest BCUT2D eigenvalue weighted by atomic mass is 10.2. The lowest BCUT2D eigenvalue weighted by Crippen LogP contribution is -2.25. The zero-order chi connectivity index (χ0) is 13.6. The van der Waals surface area contributed by atoms with E-state index in [-0.39, 0.29) is 4.90 Å². The summed E-state index contributed by atoms with van der Waals surface area (Å²) in [6.45, 7) is 3.70. The second-order valence-electron chi connectivity index (χ2n) is 4.15. The molecule has 7 heteroatoms. The number of sulfonamides is 1. The molecule has 0 fully saturated rings. The fourth-order valence-electron chi connectivity index (χ4n) is 1.71. The maximum atomic E-state index is 12.0. The van der Waals surface area contributed by atoms with Crippen LogP contribution in [0.2, 0.25) is 0 Å². The smallest absolute Gasteiger partial charge is 0.245 e. The molecule has 1 aromatic heterocycles. The first-order chi connectivity index (χ1) is 8.49. The largest absolute Gasteiger partial charge is 0.360 e. The maximum Gasteiger partial charge on any atom is 0.245 e. The molecule has 0 aliphatic heterocycles. The molecule has 0 saturated heterocycles. The van der Waals surface area contributed by atoms with Crippen LogP contribution in [0.3, 0.4) is 0 Å². The van der Waals surface area contributed by atoms with Crippen molar-refractivity contribution >= 4 is 32.6 Å². The van der Waals surface area contributed by atoms with Gasteiger partial charge in [0.2, 0.25) is 10.0 Å². The fourth-order valence-corrected chi connectivity index (χ4v) is 3.65. The molecule has 1 rings (SSSR count). The van der Waals surface area contributed by atoms with Gasteiger partial charge in [-0.1, -0.05) is 40.6 Å². The summed E-state index contributed by atoms with van der Waals surface area (Å²) in [6, 6.07) is 0. The van der Waals surface area contributed by atoms with E-state index in [2.05, 4.69) is 32.5 Å². The third-order valence-electron chi connectivity index (χ3n) is 2.59. The summed E-state index contributed by atoms with van der Waals surface area (Å²) in [5.74, 6) is 0.338. The van der Waals surface area contributed by atoms with E-state index in [1.807, 2.05) is 0 Å². The van der Waals surface area contributed by atoms with Crippen LogP contribution < -0.4 is 4.72 Å². The van der Waals surface area contributed by atoms with Gasteiger partial charge in [0.1, 0.15) is 10.6 Å². The molecule has 0 radical (unpaired) electrons. The number of alkyl halides is 1. The Bertz CT molecular complexity index is 451. The molecule has 18 heavy (non-hydrogen) atoms. The number of aryl methyl sites for hydroxylation is 2. The van der Waals surface area contributed by atoms with Gasteiger partial charge in [-0.15, -0.1) is 0 Å². The van der Waals surface area contributed by atoms with Crippen molar-refractivity contribution in [3.05, 3.63) is 11.5 Å². The summed E-state index contributed by atoms with van der Waals surface area (Å²) < 4.78 is 32.6. The summed E-state index contributed by atoms with van der Waals surface area (Å²) in [4.78, 5) is 0.176. The average Bonchev–Trinajstić information content (AvgIpc) is 2.64. The normalized spacial score (nSPS) is 11.9. The van der Waals surface area contributed by atoms with Crippen molar-refractivity contribution in [1.82, 2.24) is 9.88 Å². The lowest BCUT2D eigenvalue weighted by Gasteiger charge is -2.05. The number of hydrogen-bond acceptors (Lipinski definition) is 4. The van der Waals surface area contributed by atoms with E-state index in [9.17, 15) is 8.42 Å². The van der Waals surface area contributed by atoms with Crippen molar-refractivity contribution in [3.8, 4) is 0 Å². The summed E-state index contributed by atoms with van der Waals surface area (Å²) >= 11 is 2.35. The molecule has 1 N–H and O–H groups in total. The van der Waals surface area contributed by atoms with Crippen molar-refractivity contribution in [2.75, 3.05) is 11.0 Å². The second kappa shape index (κ2) is 7.44. The Balaban J connectivity index is 2.46. The van der Waals surface area contributed by atoms with Crippen molar-refractivity contribution in [2.24, 2.45) is 0 Å². The first kappa shape index (κ1) is 15.9. The fraction of sp³-hybridized carbons (Fsp3) is 0.727. The van der Waals surface area contributed by atoms with Crippen LogP contribution in [-0.2, 0) is 10.0 Å². The van der Waals surface area contributed by atoms with Crippen LogP contribution in [-0.4, -0.2) is 24.5 Å². The summed E-state index contributed by atoms with van der Waals surface area (Å²) in [7, 11) is -3.48. The minimum absolute atomic E-state index is 0.176. The molecule has 0 aliphatic rings. The minimum atomic E-state index is -3.48. The predicted molar refractivity (Wildman–Crippen MR) is 78.5 cm³/mol. The summed E-state index contributed by atoms with van der Waals surface area (Å²) in [6.07, 6.45) is 4.25. The molecular weight excluding hydrogens is 367 g/mol. The molecule has 0 amide bonds. The van der Waals surface area contributed by atoms with Gasteiger partial charge in [0.05, 0.1) is 0 Å². The Labute approximate surface area is 122 Å². The molecule has 0 spiro atoms. The zero-order valence-electron chi connectivity index (χ0n) is 10.7. The molecule has 5 nitrogen and oxygen atoms in total. The highest BCUT2D eigenvalue weighted by Gasteiger charge is 2.23. The molecule has 0 aromatic carbocycles. The van der Waals surface area contributed by atoms with Gasteiger partial charge in [0, 0.05) is 6.54 Å². The maximum absolute atomic E-state index is 12.0. The molecule has 0 saturated carbocycles. The summed E-state index contributed by atoms with van der Waals surface area (Å²) in [5.41, 5.74) is 0.407. The molecule has 0 bridgehead atoms. The number of unbranched alkanes of at least 4 members (excludes halogenated alkanes) is 3. The number of rotatable bonds is 8. The lowest BCUT2D eigenvalue weighted by molar-refractivity contribution is 0.390. The number of halogens is 1. The predicted octanol–water partition coefficient (Wildman–Crippen LogP) is 2.57. The van der Waals surface area contributed by atoms with Crippen molar-refractivity contribution < 1.29 is 12.9 Å². The molecule has 0 aliphatic carbocycles. The number of nitrogens with zero attached hydrogens (tertiary/aromatic N) is 1. The van der Waals surface area contributed by atoms with E-state index in [0.29, 0.717) is 18.0 Å². The first-order valence-corrected chi connectivity index (χ1v) is 8.98. The van der Waals surface area contributed by atoms with Gasteiger partial charge in [-0.05, 0) is 31.1 Å². The SMILES string of the molecule is Cc1noc(C)c1S(=O)(=O)NCCCCCCI. The van der Waals surface area contributed by atoms with E-state index in [0.717, 1.165) is 23.7 Å². The van der Waals surface area contributed by atoms with E-state index in [1.54, 1.807) is 13.8 Å². The third-order valence-corrected chi connectivity index (χ3v) is 5.06. The average molecular weight is 386 g/mol. The molecular formula is C11H19IN2O3S. The Kier molecular flexibility index (Phi) is 6.58. The number of nitrogens with one attached hydrogen (secondary N) is 1. The second-order valence-corrected chi connectivity index (χ2v) is 6.94. The highest BCUT2D eigenvalue weighted by Crippen LogP contribution is 2.18. The summed E-state index contributed by atoms with van der Waals surface area (Å²) in [5, 5.41) is 3.66. The van der Waals surface area contributed by atoms with E-state index >= 15 is 0 Å². The van der Waals surface area contributed by atoms with Crippen LogP contribution in [0.4, 0.5) is 0 Å². The highest BCUT2D eigenvalue weighted by molar-refractivity contribution is 14.1. The molecule has 0 unspecified atom stereocenters. The van der Waals surface area contributed by atoms with Crippen LogP contribution in [0, 0.1) is 13.8 Å². The number of hydrogen-bond donors (Lipinski definition) is 1. The van der Waals surface area contributed by atoms with Gasteiger partial charge in [0.15, 0.2) is 5.76 Å². The van der Waals surface area contributed by atoms with E-state index in [4.69, 9.17) is 4.52 Å². The standard InChI is InChI=1S/C11H19IN2O3S/c1-9-11(10(2)17-14-9)18(15,16)13-8-6-4-3-5-7-12/h13H,3-8H2,1-2H3. The molecule has 1 heterocycles. The van der Waals surface area contributed by atoms with Crippen molar-refractivity contribution in [2.45, 2.75) is 44.4 Å². The Morgan fingerprint density at radius 1 is 1.22 bits per heavy atom. The molecule has 1 aromatic rings. The topological polar surface area (TPSA) is 72.2 Å². The highest BCUT2D eigenvalue weighted by atomic mass is 127. The van der Waals surface area contributed by atoms with Crippen LogP contribution in [0.25, 0.3) is 0 Å². The Morgan fingerprint density at radius 3 is 2.44 bits per heavy atom. The van der Waals surface area contributed by atoms with Gasteiger partial charge in [-0.2, -0.15) is 0 Å².